The van der Waals surface area contributed by atoms with Crippen LogP contribution in [0.3, 0.4) is 0 Å². The van der Waals surface area contributed by atoms with E-state index in [0.717, 1.165) is 22.0 Å². The SMILES string of the molecule is COc1cccc(/C=C(/C#N)c2nc(C3CC3)cs2)c1. The molecule has 0 atom stereocenters. The van der Waals surface area contributed by atoms with Crippen LogP contribution in [0.2, 0.25) is 0 Å². The maximum atomic E-state index is 9.35. The fourth-order valence-corrected chi connectivity index (χ4v) is 2.88. The Bertz CT molecular complexity index is 692. The molecule has 1 aliphatic rings. The Morgan fingerprint density at radius 1 is 1.50 bits per heavy atom. The van der Waals surface area contributed by atoms with Gasteiger partial charge in [0.05, 0.1) is 18.4 Å². The molecule has 1 aromatic carbocycles. The molecule has 0 spiro atoms. The van der Waals surface area contributed by atoms with Crippen molar-refractivity contribution in [2.75, 3.05) is 7.11 Å². The molecule has 0 unspecified atom stereocenters. The second kappa shape index (κ2) is 5.48. The van der Waals surface area contributed by atoms with E-state index in [4.69, 9.17) is 4.74 Å². The lowest BCUT2D eigenvalue weighted by atomic mass is 10.1. The third-order valence-electron chi connectivity index (χ3n) is 3.27. The van der Waals surface area contributed by atoms with Gasteiger partial charge < -0.3 is 4.74 Å². The molecule has 0 bridgehead atoms. The van der Waals surface area contributed by atoms with Gasteiger partial charge in [-0.15, -0.1) is 11.3 Å². The first kappa shape index (κ1) is 12.9. The van der Waals surface area contributed by atoms with Gasteiger partial charge in [-0.05, 0) is 36.6 Å². The van der Waals surface area contributed by atoms with Gasteiger partial charge in [0.25, 0.3) is 0 Å². The minimum Gasteiger partial charge on any atom is -0.497 e. The molecular weight excluding hydrogens is 268 g/mol. The number of benzene rings is 1. The van der Waals surface area contributed by atoms with Crippen molar-refractivity contribution in [3.8, 4) is 11.8 Å². The highest BCUT2D eigenvalue weighted by Crippen LogP contribution is 2.40. The van der Waals surface area contributed by atoms with Gasteiger partial charge in [-0.2, -0.15) is 5.26 Å². The highest BCUT2D eigenvalue weighted by atomic mass is 32.1. The van der Waals surface area contributed by atoms with Crippen LogP contribution in [0.25, 0.3) is 11.6 Å². The van der Waals surface area contributed by atoms with Crippen LogP contribution < -0.4 is 4.74 Å². The van der Waals surface area contributed by atoms with E-state index in [1.165, 1.54) is 12.8 Å². The van der Waals surface area contributed by atoms with Gasteiger partial charge in [-0.25, -0.2) is 4.98 Å². The Kier molecular flexibility index (Phi) is 3.53. The molecule has 100 valence electrons. The Balaban J connectivity index is 1.91. The van der Waals surface area contributed by atoms with Gasteiger partial charge >= 0.3 is 0 Å². The van der Waals surface area contributed by atoms with Crippen LogP contribution in [-0.2, 0) is 0 Å². The molecule has 1 fully saturated rings. The van der Waals surface area contributed by atoms with Crippen LogP contribution >= 0.6 is 11.3 Å². The van der Waals surface area contributed by atoms with Gasteiger partial charge in [-0.3, -0.25) is 0 Å². The molecule has 20 heavy (non-hydrogen) atoms. The van der Waals surface area contributed by atoms with Crippen LogP contribution in [0.5, 0.6) is 5.75 Å². The van der Waals surface area contributed by atoms with Crippen molar-refractivity contribution in [3.63, 3.8) is 0 Å². The summed E-state index contributed by atoms with van der Waals surface area (Å²) in [7, 11) is 1.64. The van der Waals surface area contributed by atoms with E-state index in [9.17, 15) is 5.26 Å². The highest BCUT2D eigenvalue weighted by Gasteiger charge is 2.26. The summed E-state index contributed by atoms with van der Waals surface area (Å²) in [6, 6.07) is 9.91. The summed E-state index contributed by atoms with van der Waals surface area (Å²) >= 11 is 1.55. The monoisotopic (exact) mass is 282 g/mol. The van der Waals surface area contributed by atoms with Gasteiger partial charge in [0.1, 0.15) is 16.8 Å². The number of thiazole rings is 1. The summed E-state index contributed by atoms with van der Waals surface area (Å²) in [6.07, 6.45) is 4.31. The number of hydrogen-bond acceptors (Lipinski definition) is 4. The molecule has 2 aromatic rings. The summed E-state index contributed by atoms with van der Waals surface area (Å²) < 4.78 is 5.19. The predicted octanol–water partition coefficient (Wildman–Crippen LogP) is 4.09. The average molecular weight is 282 g/mol. The van der Waals surface area contributed by atoms with Gasteiger partial charge in [0.2, 0.25) is 0 Å². The molecule has 1 saturated carbocycles. The topological polar surface area (TPSA) is 45.9 Å². The summed E-state index contributed by atoms with van der Waals surface area (Å²) in [5.74, 6) is 1.41. The first-order valence-electron chi connectivity index (χ1n) is 6.52. The van der Waals surface area contributed by atoms with Crippen molar-refractivity contribution in [2.24, 2.45) is 0 Å². The fourth-order valence-electron chi connectivity index (χ4n) is 2.02. The third kappa shape index (κ3) is 2.73. The molecule has 0 saturated heterocycles. The van der Waals surface area contributed by atoms with Gasteiger partial charge in [0, 0.05) is 11.3 Å². The van der Waals surface area contributed by atoms with Crippen molar-refractivity contribution in [1.82, 2.24) is 4.98 Å². The Labute approximate surface area is 122 Å². The zero-order valence-corrected chi connectivity index (χ0v) is 12.0. The van der Waals surface area contributed by atoms with E-state index >= 15 is 0 Å². The van der Waals surface area contributed by atoms with E-state index in [-0.39, 0.29) is 0 Å². The first-order chi connectivity index (χ1) is 9.80. The zero-order chi connectivity index (χ0) is 13.9. The van der Waals surface area contributed by atoms with Gasteiger partial charge in [-0.1, -0.05) is 12.1 Å². The fraction of sp³-hybridized carbons (Fsp3) is 0.250. The summed E-state index contributed by atoms with van der Waals surface area (Å²) in [5.41, 5.74) is 2.69. The predicted molar refractivity (Wildman–Crippen MR) is 80.6 cm³/mol. The normalized spacial score (nSPS) is 14.9. The number of methoxy groups -OCH3 is 1. The zero-order valence-electron chi connectivity index (χ0n) is 11.2. The maximum Gasteiger partial charge on any atom is 0.134 e. The Hall–Kier alpha value is -2.12. The van der Waals surface area contributed by atoms with Gasteiger partial charge in [0.15, 0.2) is 0 Å². The van der Waals surface area contributed by atoms with Crippen LogP contribution in [-0.4, -0.2) is 12.1 Å². The lowest BCUT2D eigenvalue weighted by Crippen LogP contribution is -1.85. The molecule has 3 nitrogen and oxygen atoms in total. The third-order valence-corrected chi connectivity index (χ3v) is 4.17. The van der Waals surface area contributed by atoms with Crippen LogP contribution in [0.1, 0.15) is 35.0 Å². The molecule has 0 N–H and O–H groups in total. The number of nitrogens with zero attached hydrogens (tertiary/aromatic N) is 2. The Morgan fingerprint density at radius 3 is 3.05 bits per heavy atom. The minimum atomic E-state index is 0.607. The molecular formula is C16H14N2OS. The van der Waals surface area contributed by atoms with Crippen molar-refractivity contribution in [3.05, 3.63) is 45.9 Å². The van der Waals surface area contributed by atoms with Crippen LogP contribution in [0, 0.1) is 11.3 Å². The summed E-state index contributed by atoms with van der Waals surface area (Å²) in [6.45, 7) is 0. The van der Waals surface area contributed by atoms with E-state index in [2.05, 4.69) is 16.4 Å². The molecule has 0 amide bonds. The first-order valence-corrected chi connectivity index (χ1v) is 7.40. The summed E-state index contributed by atoms with van der Waals surface area (Å²) in [4.78, 5) is 4.58. The second-order valence-corrected chi connectivity index (χ2v) is 5.66. The molecule has 3 rings (SSSR count). The van der Waals surface area contributed by atoms with Crippen molar-refractivity contribution >= 4 is 23.0 Å². The molecule has 0 aliphatic heterocycles. The number of rotatable bonds is 4. The summed E-state index contributed by atoms with van der Waals surface area (Å²) in [5, 5.41) is 12.2. The van der Waals surface area contributed by atoms with Crippen LogP contribution in [0.4, 0.5) is 0 Å². The molecule has 0 radical (unpaired) electrons. The van der Waals surface area contributed by atoms with Crippen LogP contribution in [0.15, 0.2) is 29.6 Å². The maximum absolute atomic E-state index is 9.35. The standard InChI is InChI=1S/C16H14N2OS/c1-19-14-4-2-3-11(8-14)7-13(9-17)16-18-15(10-20-16)12-5-6-12/h2-4,7-8,10,12H,5-6H2,1H3/b13-7-. The molecule has 4 heteroatoms. The molecule has 1 aromatic heterocycles. The lowest BCUT2D eigenvalue weighted by molar-refractivity contribution is 0.414. The Morgan fingerprint density at radius 2 is 2.35 bits per heavy atom. The number of aromatic nitrogens is 1. The second-order valence-electron chi connectivity index (χ2n) is 4.80. The van der Waals surface area contributed by atoms with E-state index < -0.39 is 0 Å². The number of hydrogen-bond donors (Lipinski definition) is 0. The average Bonchev–Trinajstić information content (AvgIpc) is 3.23. The molecule has 1 aliphatic carbocycles. The van der Waals surface area contributed by atoms with Crippen molar-refractivity contribution in [2.45, 2.75) is 18.8 Å². The van der Waals surface area contributed by atoms with Crippen molar-refractivity contribution < 1.29 is 4.74 Å². The smallest absolute Gasteiger partial charge is 0.134 e. The lowest BCUT2D eigenvalue weighted by Gasteiger charge is -2.00. The minimum absolute atomic E-state index is 0.607. The quantitative estimate of drug-likeness (QED) is 0.793. The van der Waals surface area contributed by atoms with E-state index in [0.29, 0.717) is 11.5 Å². The molecule has 1 heterocycles. The highest BCUT2D eigenvalue weighted by molar-refractivity contribution is 7.11. The number of ether oxygens (including phenoxy) is 1. The largest absolute Gasteiger partial charge is 0.497 e. The van der Waals surface area contributed by atoms with E-state index in [1.807, 2.05) is 30.3 Å². The van der Waals surface area contributed by atoms with Crippen molar-refractivity contribution in [1.29, 1.82) is 5.26 Å². The van der Waals surface area contributed by atoms with E-state index in [1.54, 1.807) is 18.4 Å². The number of nitriles is 1. The number of allylic oxidation sites excluding steroid dienone is 1.